The average Bonchev–Trinajstić information content (AvgIpc) is 3.07. The standard InChI is InChI=1S/C38H28N2O7/c41-27-15-11-25(12-16-27)33-21-19-31(23-35(33)39-37(43)46-29-7-3-1-4-8-29)45-32-20-22-34(26-13-17-28(42)18-14-26)36(24-32)40-38(44)47-30-9-5-2-6-10-30/h1-24,41-42H,(H,39,43)(H,40,44). The monoisotopic (exact) mass is 624 g/mol. The van der Waals surface area contributed by atoms with Crippen molar-refractivity contribution in [3.63, 3.8) is 0 Å². The molecule has 0 aliphatic carbocycles. The van der Waals surface area contributed by atoms with Gasteiger partial charge in [0.2, 0.25) is 0 Å². The van der Waals surface area contributed by atoms with Crippen LogP contribution in [0, 0.1) is 0 Å². The van der Waals surface area contributed by atoms with Crippen molar-refractivity contribution in [2.45, 2.75) is 0 Å². The van der Waals surface area contributed by atoms with Gasteiger partial charge in [0, 0.05) is 23.3 Å². The highest BCUT2D eigenvalue weighted by molar-refractivity contribution is 5.94. The molecule has 6 aromatic carbocycles. The summed E-state index contributed by atoms with van der Waals surface area (Å²) in [5.74, 6) is 1.75. The van der Waals surface area contributed by atoms with E-state index < -0.39 is 12.2 Å². The van der Waals surface area contributed by atoms with Gasteiger partial charge in [-0.2, -0.15) is 0 Å². The van der Waals surface area contributed by atoms with E-state index in [0.717, 1.165) is 11.1 Å². The van der Waals surface area contributed by atoms with Crippen molar-refractivity contribution in [2.75, 3.05) is 10.6 Å². The summed E-state index contributed by atoms with van der Waals surface area (Å²) in [6, 6.07) is 40.8. The Morgan fingerprint density at radius 1 is 0.447 bits per heavy atom. The summed E-state index contributed by atoms with van der Waals surface area (Å²) in [6.07, 6.45) is -1.40. The van der Waals surface area contributed by atoms with E-state index in [1.165, 1.54) is 0 Å². The molecule has 0 radical (unpaired) electrons. The molecule has 6 rings (SSSR count). The van der Waals surface area contributed by atoms with Crippen LogP contribution < -0.4 is 24.8 Å². The van der Waals surface area contributed by atoms with E-state index in [1.54, 1.807) is 133 Å². The zero-order valence-corrected chi connectivity index (χ0v) is 24.8. The number of ether oxygens (including phenoxy) is 3. The minimum absolute atomic E-state index is 0.111. The van der Waals surface area contributed by atoms with Crippen molar-refractivity contribution < 1.29 is 34.0 Å². The van der Waals surface area contributed by atoms with Crippen molar-refractivity contribution in [3.8, 4) is 56.8 Å². The Morgan fingerprint density at radius 2 is 0.830 bits per heavy atom. The van der Waals surface area contributed by atoms with Gasteiger partial charge in [0.25, 0.3) is 0 Å². The molecule has 0 atom stereocenters. The fourth-order valence-electron chi connectivity index (χ4n) is 4.76. The van der Waals surface area contributed by atoms with Crippen LogP contribution in [-0.4, -0.2) is 22.4 Å². The van der Waals surface area contributed by atoms with E-state index in [2.05, 4.69) is 10.6 Å². The lowest BCUT2D eigenvalue weighted by atomic mass is 10.0. The summed E-state index contributed by atoms with van der Waals surface area (Å²) in [6.45, 7) is 0. The smallest absolute Gasteiger partial charge is 0.417 e. The summed E-state index contributed by atoms with van der Waals surface area (Å²) in [5.41, 5.74) is 3.61. The van der Waals surface area contributed by atoms with Crippen molar-refractivity contribution in [1.82, 2.24) is 0 Å². The Kier molecular flexibility index (Phi) is 8.97. The quantitative estimate of drug-likeness (QED) is 0.133. The average molecular weight is 625 g/mol. The molecule has 0 aliphatic rings. The van der Waals surface area contributed by atoms with Crippen LogP contribution >= 0.6 is 0 Å². The molecule has 0 fully saturated rings. The SMILES string of the molecule is O=C(Nc1cc(Oc2ccc(-c3ccc(O)cc3)c(NC(=O)Oc3ccccc3)c2)ccc1-c1ccc(O)cc1)Oc1ccccc1. The Labute approximate surface area is 270 Å². The number of nitrogens with one attached hydrogen (secondary N) is 2. The molecule has 2 amide bonds. The highest BCUT2D eigenvalue weighted by Gasteiger charge is 2.16. The van der Waals surface area contributed by atoms with Gasteiger partial charge in [-0.15, -0.1) is 0 Å². The number of carbonyl (C=O) groups is 2. The molecule has 6 aromatic rings. The van der Waals surface area contributed by atoms with Crippen LogP contribution in [0.15, 0.2) is 146 Å². The first-order valence-electron chi connectivity index (χ1n) is 14.5. The van der Waals surface area contributed by atoms with Gasteiger partial charge in [-0.25, -0.2) is 9.59 Å². The predicted molar refractivity (Wildman–Crippen MR) is 179 cm³/mol. The van der Waals surface area contributed by atoms with Crippen LogP contribution in [0.3, 0.4) is 0 Å². The van der Waals surface area contributed by atoms with Crippen LogP contribution in [0.2, 0.25) is 0 Å². The maximum Gasteiger partial charge on any atom is 0.417 e. The van der Waals surface area contributed by atoms with Gasteiger partial charge in [0.15, 0.2) is 0 Å². The molecule has 232 valence electrons. The molecule has 0 aliphatic heterocycles. The Balaban J connectivity index is 1.30. The van der Waals surface area contributed by atoms with Gasteiger partial charge >= 0.3 is 12.2 Å². The molecule has 0 aromatic heterocycles. The second-order valence-electron chi connectivity index (χ2n) is 10.3. The lowest BCUT2D eigenvalue weighted by molar-refractivity contribution is 0.214. The third-order valence-corrected chi connectivity index (χ3v) is 6.96. The molecule has 0 saturated heterocycles. The number of anilines is 2. The topological polar surface area (TPSA) is 126 Å². The summed E-state index contributed by atoms with van der Waals surface area (Å²) >= 11 is 0. The minimum Gasteiger partial charge on any atom is -0.508 e. The molecule has 0 saturated carbocycles. The minimum atomic E-state index is -0.699. The van der Waals surface area contributed by atoms with Crippen molar-refractivity contribution >= 4 is 23.6 Å². The second kappa shape index (κ2) is 13.9. The Hall–Kier alpha value is -6.74. The number of benzene rings is 6. The maximum atomic E-state index is 12.9. The third kappa shape index (κ3) is 7.86. The summed E-state index contributed by atoms with van der Waals surface area (Å²) in [7, 11) is 0. The highest BCUT2D eigenvalue weighted by Crippen LogP contribution is 2.37. The number of hydrogen-bond donors (Lipinski definition) is 4. The number of aromatic hydroxyl groups is 2. The lowest BCUT2D eigenvalue weighted by Crippen LogP contribution is -2.17. The van der Waals surface area contributed by atoms with Crippen molar-refractivity contribution in [1.29, 1.82) is 0 Å². The molecule has 9 heteroatoms. The molecule has 0 bridgehead atoms. The highest BCUT2D eigenvalue weighted by atomic mass is 16.6. The lowest BCUT2D eigenvalue weighted by Gasteiger charge is -2.16. The van der Waals surface area contributed by atoms with Crippen LogP contribution in [0.25, 0.3) is 22.3 Å². The molecule has 0 unspecified atom stereocenters. The first-order valence-corrected chi connectivity index (χ1v) is 14.5. The zero-order chi connectivity index (χ0) is 32.6. The summed E-state index contributed by atoms with van der Waals surface area (Å²) < 4.78 is 17.1. The number of hydrogen-bond acceptors (Lipinski definition) is 7. The van der Waals surface area contributed by atoms with Gasteiger partial charge in [0.05, 0.1) is 11.4 Å². The largest absolute Gasteiger partial charge is 0.508 e. The molecular weight excluding hydrogens is 596 g/mol. The van der Waals surface area contributed by atoms with Gasteiger partial charge in [-0.3, -0.25) is 10.6 Å². The Bertz CT molecular complexity index is 1850. The zero-order valence-electron chi connectivity index (χ0n) is 24.8. The molecule has 4 N–H and O–H groups in total. The maximum absolute atomic E-state index is 12.9. The Morgan fingerprint density at radius 3 is 1.21 bits per heavy atom. The number of phenols is 2. The number of para-hydroxylation sites is 2. The molecule has 9 nitrogen and oxygen atoms in total. The van der Waals surface area contributed by atoms with E-state index in [4.69, 9.17) is 14.2 Å². The normalized spacial score (nSPS) is 10.5. The number of carbonyl (C=O) groups excluding carboxylic acids is 2. The molecular formula is C38H28N2O7. The van der Waals surface area contributed by atoms with Crippen LogP contribution in [-0.2, 0) is 0 Å². The van der Waals surface area contributed by atoms with Crippen molar-refractivity contribution in [2.24, 2.45) is 0 Å². The van der Waals surface area contributed by atoms with Gasteiger partial charge in [0.1, 0.15) is 34.5 Å². The van der Waals surface area contributed by atoms with Crippen LogP contribution in [0.5, 0.6) is 34.5 Å². The first kappa shape index (κ1) is 30.3. The van der Waals surface area contributed by atoms with Gasteiger partial charge in [-0.1, -0.05) is 60.7 Å². The molecule has 0 heterocycles. The van der Waals surface area contributed by atoms with Gasteiger partial charge < -0.3 is 24.4 Å². The number of phenolic OH excluding ortho intramolecular Hbond substituents is 2. The first-order chi connectivity index (χ1) is 22.9. The van der Waals surface area contributed by atoms with Crippen LogP contribution in [0.1, 0.15) is 0 Å². The fourth-order valence-corrected chi connectivity index (χ4v) is 4.76. The van der Waals surface area contributed by atoms with Crippen LogP contribution in [0.4, 0.5) is 21.0 Å². The second-order valence-corrected chi connectivity index (χ2v) is 10.3. The summed E-state index contributed by atoms with van der Waals surface area (Å²) in [5, 5.41) is 25.2. The molecule has 0 spiro atoms. The molecule has 47 heavy (non-hydrogen) atoms. The third-order valence-electron chi connectivity index (χ3n) is 6.96. The number of rotatable bonds is 8. The van der Waals surface area contributed by atoms with Crippen molar-refractivity contribution in [3.05, 3.63) is 146 Å². The number of amides is 2. The van der Waals surface area contributed by atoms with E-state index in [0.29, 0.717) is 45.5 Å². The van der Waals surface area contributed by atoms with Gasteiger partial charge in [-0.05, 0) is 83.9 Å². The fraction of sp³-hybridized carbons (Fsp3) is 0. The van der Waals surface area contributed by atoms with E-state index in [1.807, 2.05) is 12.1 Å². The predicted octanol–water partition coefficient (Wildman–Crippen LogP) is 9.45. The van der Waals surface area contributed by atoms with E-state index in [9.17, 15) is 19.8 Å². The summed E-state index contributed by atoms with van der Waals surface area (Å²) in [4.78, 5) is 25.8. The van der Waals surface area contributed by atoms with E-state index in [-0.39, 0.29) is 11.5 Å². The van der Waals surface area contributed by atoms with E-state index >= 15 is 0 Å².